The summed E-state index contributed by atoms with van der Waals surface area (Å²) in [7, 11) is 0. The first-order valence-electron chi connectivity index (χ1n) is 8.03. The second-order valence-corrected chi connectivity index (χ2v) is 7.08. The molecule has 0 saturated heterocycles. The summed E-state index contributed by atoms with van der Waals surface area (Å²) in [5.41, 5.74) is 1.55. The van der Waals surface area contributed by atoms with Crippen molar-refractivity contribution in [1.82, 2.24) is 4.57 Å². The number of carbonyl (C=O) groups excluding carboxylic acids is 1. The molecule has 1 amide bonds. The molecule has 5 heteroatoms. The van der Waals surface area contributed by atoms with E-state index in [1.54, 1.807) is 0 Å². The zero-order chi connectivity index (χ0) is 17.4. The molecule has 0 aliphatic heterocycles. The second-order valence-electron chi connectivity index (χ2n) is 5.66. The van der Waals surface area contributed by atoms with Crippen molar-refractivity contribution in [2.75, 3.05) is 0 Å². The number of amides is 1. The number of hydrogen-bond acceptors (Lipinski definition) is 2. The van der Waals surface area contributed by atoms with Gasteiger partial charge in [0.15, 0.2) is 4.80 Å². The lowest BCUT2D eigenvalue weighted by atomic mass is 10.0. The molecule has 25 heavy (non-hydrogen) atoms. The van der Waals surface area contributed by atoms with Gasteiger partial charge in [-0.1, -0.05) is 65.4 Å². The van der Waals surface area contributed by atoms with Crippen LogP contribution in [0.3, 0.4) is 0 Å². The third kappa shape index (κ3) is 2.77. The number of aromatic nitrogens is 1. The molecule has 0 aliphatic carbocycles. The van der Waals surface area contributed by atoms with Gasteiger partial charge < -0.3 is 4.57 Å². The first-order chi connectivity index (χ1) is 12.2. The maximum Gasteiger partial charge on any atom is 0.280 e. The van der Waals surface area contributed by atoms with Gasteiger partial charge in [0, 0.05) is 12.1 Å². The number of nitrogens with zero attached hydrogens (tertiary/aromatic N) is 2. The Kier molecular flexibility index (Phi) is 4.15. The standard InChI is InChI=1S/C20H15ClN2OS/c1-2-23-18-16(21)11-6-12-17(18)25-20(23)22-19(24)15-10-5-8-13-7-3-4-9-14(13)15/h3-12H,2H2,1H3. The summed E-state index contributed by atoms with van der Waals surface area (Å²) in [5, 5.41) is 2.63. The number of hydrogen-bond donors (Lipinski definition) is 0. The van der Waals surface area contributed by atoms with Crippen LogP contribution in [0.25, 0.3) is 21.0 Å². The van der Waals surface area contributed by atoms with Gasteiger partial charge in [0.25, 0.3) is 5.91 Å². The third-order valence-corrected chi connectivity index (χ3v) is 5.53. The largest absolute Gasteiger partial charge is 0.315 e. The van der Waals surface area contributed by atoms with Gasteiger partial charge in [0.05, 0.1) is 15.2 Å². The van der Waals surface area contributed by atoms with Crippen LogP contribution in [0.2, 0.25) is 5.02 Å². The predicted octanol–water partition coefficient (Wildman–Crippen LogP) is 5.27. The van der Waals surface area contributed by atoms with Crippen LogP contribution < -0.4 is 4.80 Å². The normalized spacial score (nSPS) is 12.2. The summed E-state index contributed by atoms with van der Waals surface area (Å²) in [6.45, 7) is 2.72. The number of benzene rings is 3. The summed E-state index contributed by atoms with van der Waals surface area (Å²) in [6.07, 6.45) is 0. The third-order valence-electron chi connectivity index (χ3n) is 4.19. The van der Waals surface area contributed by atoms with Crippen molar-refractivity contribution in [1.29, 1.82) is 0 Å². The monoisotopic (exact) mass is 366 g/mol. The summed E-state index contributed by atoms with van der Waals surface area (Å²) in [4.78, 5) is 17.9. The molecular weight excluding hydrogens is 352 g/mol. The topological polar surface area (TPSA) is 34.4 Å². The first kappa shape index (κ1) is 16.1. The fourth-order valence-corrected chi connectivity index (χ4v) is 4.48. The van der Waals surface area contributed by atoms with E-state index in [1.165, 1.54) is 11.3 Å². The molecule has 0 unspecified atom stereocenters. The van der Waals surface area contributed by atoms with Crippen molar-refractivity contribution in [3.8, 4) is 0 Å². The van der Waals surface area contributed by atoms with E-state index in [2.05, 4.69) is 4.99 Å². The Bertz CT molecular complexity index is 1170. The number of aryl methyl sites for hydroxylation is 1. The number of carbonyl (C=O) groups is 1. The van der Waals surface area contributed by atoms with E-state index in [9.17, 15) is 4.79 Å². The molecule has 124 valence electrons. The van der Waals surface area contributed by atoms with Gasteiger partial charge in [0.2, 0.25) is 0 Å². The lowest BCUT2D eigenvalue weighted by molar-refractivity contribution is 0.0999. The molecule has 0 radical (unpaired) electrons. The minimum Gasteiger partial charge on any atom is -0.315 e. The van der Waals surface area contributed by atoms with Gasteiger partial charge in [-0.15, -0.1) is 0 Å². The van der Waals surface area contributed by atoms with Gasteiger partial charge >= 0.3 is 0 Å². The second kappa shape index (κ2) is 6.47. The van der Waals surface area contributed by atoms with Crippen molar-refractivity contribution in [2.24, 2.45) is 4.99 Å². The van der Waals surface area contributed by atoms with Gasteiger partial charge in [-0.2, -0.15) is 4.99 Å². The molecular formula is C20H15ClN2OS. The zero-order valence-electron chi connectivity index (χ0n) is 13.6. The van der Waals surface area contributed by atoms with Gasteiger partial charge in [-0.25, -0.2) is 0 Å². The van der Waals surface area contributed by atoms with Gasteiger partial charge in [-0.3, -0.25) is 4.79 Å². The maximum absolute atomic E-state index is 12.9. The van der Waals surface area contributed by atoms with Crippen molar-refractivity contribution in [2.45, 2.75) is 13.5 Å². The highest BCUT2D eigenvalue weighted by molar-refractivity contribution is 7.16. The highest BCUT2D eigenvalue weighted by Crippen LogP contribution is 2.25. The van der Waals surface area contributed by atoms with Gasteiger partial charge in [0.1, 0.15) is 0 Å². The van der Waals surface area contributed by atoms with Gasteiger partial charge in [-0.05, 0) is 35.9 Å². The number of para-hydroxylation sites is 1. The van der Waals surface area contributed by atoms with Crippen LogP contribution in [0.4, 0.5) is 0 Å². The molecule has 4 aromatic rings. The maximum atomic E-state index is 12.9. The number of halogens is 1. The molecule has 0 atom stereocenters. The van der Waals surface area contributed by atoms with Crippen molar-refractivity contribution in [3.05, 3.63) is 76.1 Å². The Morgan fingerprint density at radius 3 is 2.68 bits per heavy atom. The number of thiazole rings is 1. The van der Waals surface area contributed by atoms with E-state index in [0.717, 1.165) is 21.0 Å². The van der Waals surface area contributed by atoms with E-state index >= 15 is 0 Å². The summed E-state index contributed by atoms with van der Waals surface area (Å²) in [6, 6.07) is 19.3. The average molecular weight is 367 g/mol. The van der Waals surface area contributed by atoms with Crippen LogP contribution in [0, 0.1) is 0 Å². The summed E-state index contributed by atoms with van der Waals surface area (Å²) >= 11 is 7.83. The molecule has 3 aromatic carbocycles. The van der Waals surface area contributed by atoms with Crippen LogP contribution in [0.1, 0.15) is 17.3 Å². The molecule has 0 saturated carbocycles. The van der Waals surface area contributed by atoms with Crippen LogP contribution >= 0.6 is 22.9 Å². The van der Waals surface area contributed by atoms with Crippen molar-refractivity contribution >= 4 is 49.8 Å². The van der Waals surface area contributed by atoms with Crippen LogP contribution in [-0.2, 0) is 6.54 Å². The molecule has 0 bridgehead atoms. The molecule has 4 rings (SSSR count). The molecule has 0 spiro atoms. The molecule has 0 fully saturated rings. The Balaban J connectivity index is 1.92. The Morgan fingerprint density at radius 2 is 1.84 bits per heavy atom. The Morgan fingerprint density at radius 1 is 1.08 bits per heavy atom. The Hall–Kier alpha value is -2.43. The van der Waals surface area contributed by atoms with E-state index in [4.69, 9.17) is 11.6 Å². The summed E-state index contributed by atoms with van der Waals surface area (Å²) < 4.78 is 3.02. The van der Waals surface area contributed by atoms with Crippen LogP contribution in [0.15, 0.2) is 65.7 Å². The molecule has 3 nitrogen and oxygen atoms in total. The number of fused-ring (bicyclic) bond motifs is 2. The van der Waals surface area contributed by atoms with E-state index in [1.807, 2.05) is 72.2 Å². The fourth-order valence-electron chi connectivity index (χ4n) is 3.02. The predicted molar refractivity (Wildman–Crippen MR) is 104 cm³/mol. The summed E-state index contributed by atoms with van der Waals surface area (Å²) in [5.74, 6) is -0.235. The number of rotatable bonds is 2. The molecule has 0 aliphatic rings. The first-order valence-corrected chi connectivity index (χ1v) is 9.23. The molecule has 1 heterocycles. The minimum absolute atomic E-state index is 0.235. The average Bonchev–Trinajstić information content (AvgIpc) is 2.99. The van der Waals surface area contributed by atoms with Crippen molar-refractivity contribution in [3.63, 3.8) is 0 Å². The minimum atomic E-state index is -0.235. The lowest BCUT2D eigenvalue weighted by Crippen LogP contribution is -2.16. The smallest absolute Gasteiger partial charge is 0.280 e. The van der Waals surface area contributed by atoms with Crippen molar-refractivity contribution < 1.29 is 4.79 Å². The Labute approximate surface area is 153 Å². The quantitative estimate of drug-likeness (QED) is 0.475. The highest BCUT2D eigenvalue weighted by atomic mass is 35.5. The van der Waals surface area contributed by atoms with E-state index in [-0.39, 0.29) is 5.91 Å². The van der Waals surface area contributed by atoms with Crippen LogP contribution in [0.5, 0.6) is 0 Å². The molecule has 1 aromatic heterocycles. The highest BCUT2D eigenvalue weighted by Gasteiger charge is 2.12. The fraction of sp³-hybridized carbons (Fsp3) is 0.100. The molecule has 0 N–H and O–H groups in total. The lowest BCUT2D eigenvalue weighted by Gasteiger charge is -2.03. The zero-order valence-corrected chi connectivity index (χ0v) is 15.1. The van der Waals surface area contributed by atoms with E-state index in [0.29, 0.717) is 21.9 Å². The van der Waals surface area contributed by atoms with Crippen LogP contribution in [-0.4, -0.2) is 10.5 Å². The van der Waals surface area contributed by atoms with E-state index < -0.39 is 0 Å². The SMILES string of the molecule is CCn1c(=NC(=O)c2cccc3ccccc23)sc2cccc(Cl)c21.